The molecule has 0 saturated heterocycles. The molecule has 2 rings (SSSR count). The fourth-order valence-corrected chi connectivity index (χ4v) is 1.75. The third kappa shape index (κ3) is 6.94. The van der Waals surface area contributed by atoms with Crippen molar-refractivity contribution in [2.24, 2.45) is 5.73 Å². The van der Waals surface area contributed by atoms with E-state index in [2.05, 4.69) is 0 Å². The predicted molar refractivity (Wildman–Crippen MR) is 94.3 cm³/mol. The normalized spacial score (nSPS) is 10.6. The molecular formula is C19H23NO5. The van der Waals surface area contributed by atoms with Crippen molar-refractivity contribution in [1.29, 1.82) is 0 Å². The molecule has 0 aromatic heterocycles. The summed E-state index contributed by atoms with van der Waals surface area (Å²) in [5, 5.41) is 25.0. The van der Waals surface area contributed by atoms with Crippen LogP contribution < -0.4 is 5.73 Å². The van der Waals surface area contributed by atoms with Crippen molar-refractivity contribution in [2.45, 2.75) is 12.0 Å². The minimum absolute atomic E-state index is 0.0754. The second-order valence-electron chi connectivity index (χ2n) is 5.59. The number of Topliss-reactive ketones (excluding diaryl/α,β-unsaturated/α-hetero) is 2. The number of ketones is 2. The molecule has 0 amide bonds. The van der Waals surface area contributed by atoms with E-state index in [9.17, 15) is 9.59 Å². The van der Waals surface area contributed by atoms with Gasteiger partial charge in [0.05, 0.1) is 31.8 Å². The Bertz CT molecular complexity index is 596. The van der Waals surface area contributed by atoms with Gasteiger partial charge in [-0.25, -0.2) is 0 Å². The molecule has 2 aromatic carbocycles. The van der Waals surface area contributed by atoms with Gasteiger partial charge in [-0.1, -0.05) is 60.7 Å². The van der Waals surface area contributed by atoms with Gasteiger partial charge in [0, 0.05) is 11.1 Å². The summed E-state index contributed by atoms with van der Waals surface area (Å²) in [4.78, 5) is 23.6. The molecule has 0 bridgehead atoms. The molecule has 25 heavy (non-hydrogen) atoms. The van der Waals surface area contributed by atoms with Crippen LogP contribution >= 0.6 is 0 Å². The van der Waals surface area contributed by atoms with E-state index in [1.807, 2.05) is 12.1 Å². The molecule has 6 nitrogen and oxygen atoms in total. The first kappa shape index (κ1) is 20.7. The van der Waals surface area contributed by atoms with Gasteiger partial charge < -0.3 is 21.1 Å². The van der Waals surface area contributed by atoms with Gasteiger partial charge in [-0.2, -0.15) is 0 Å². The molecule has 0 heterocycles. The lowest BCUT2D eigenvalue weighted by Crippen LogP contribution is -2.50. The number of benzene rings is 2. The highest BCUT2D eigenvalue weighted by Gasteiger charge is 2.20. The van der Waals surface area contributed by atoms with Crippen LogP contribution in [0, 0.1) is 0 Å². The topological polar surface area (TPSA) is 121 Å². The average Bonchev–Trinajstić information content (AvgIpc) is 2.69. The van der Waals surface area contributed by atoms with Gasteiger partial charge in [-0.3, -0.25) is 9.59 Å². The van der Waals surface area contributed by atoms with Gasteiger partial charge in [0.15, 0.2) is 11.6 Å². The van der Waals surface area contributed by atoms with Crippen molar-refractivity contribution in [1.82, 2.24) is 0 Å². The zero-order valence-corrected chi connectivity index (χ0v) is 13.8. The van der Waals surface area contributed by atoms with Crippen LogP contribution in [0.3, 0.4) is 0 Å². The summed E-state index contributed by atoms with van der Waals surface area (Å²) in [6.07, 6.45) is -0.0754. The van der Waals surface area contributed by atoms with Gasteiger partial charge >= 0.3 is 0 Å². The van der Waals surface area contributed by atoms with E-state index in [-0.39, 0.29) is 18.0 Å². The molecule has 0 radical (unpaired) electrons. The fraction of sp³-hybridized carbons (Fsp3) is 0.263. The first-order valence-corrected chi connectivity index (χ1v) is 7.73. The summed E-state index contributed by atoms with van der Waals surface area (Å²) < 4.78 is 0. The molecule has 0 spiro atoms. The van der Waals surface area contributed by atoms with E-state index < -0.39 is 25.4 Å². The molecule has 2 aromatic rings. The molecule has 6 heteroatoms. The maximum absolute atomic E-state index is 11.8. The van der Waals surface area contributed by atoms with Crippen LogP contribution in [0.2, 0.25) is 0 Å². The quantitative estimate of drug-likeness (QED) is 0.435. The van der Waals surface area contributed by atoms with E-state index in [0.717, 1.165) is 0 Å². The molecule has 134 valence electrons. The van der Waals surface area contributed by atoms with Crippen LogP contribution in [0.4, 0.5) is 0 Å². The third-order valence-corrected chi connectivity index (χ3v) is 3.46. The lowest BCUT2D eigenvalue weighted by Gasteiger charge is -2.20. The Morgan fingerprint density at radius 3 is 1.28 bits per heavy atom. The van der Waals surface area contributed by atoms with E-state index in [0.29, 0.717) is 11.1 Å². The number of hydrogen-bond acceptors (Lipinski definition) is 6. The monoisotopic (exact) mass is 345 g/mol. The highest BCUT2D eigenvalue weighted by atomic mass is 16.3. The molecule has 0 saturated carbocycles. The van der Waals surface area contributed by atoms with Gasteiger partial charge in [0.25, 0.3) is 0 Å². The molecule has 0 atom stereocenters. The van der Waals surface area contributed by atoms with Crippen molar-refractivity contribution in [3.05, 3.63) is 71.8 Å². The van der Waals surface area contributed by atoms with Crippen molar-refractivity contribution < 1.29 is 24.9 Å². The summed E-state index contributed by atoms with van der Waals surface area (Å²) in [6, 6.07) is 17.7. The second-order valence-corrected chi connectivity index (χ2v) is 5.59. The Labute approximate surface area is 146 Å². The molecule has 0 aliphatic rings. The number of carbonyl (C=O) groups excluding carboxylic acids is 2. The lowest BCUT2D eigenvalue weighted by molar-refractivity contribution is 0.0697. The summed E-state index contributed by atoms with van der Waals surface area (Å²) in [7, 11) is 0. The van der Waals surface area contributed by atoms with Crippen LogP contribution in [0.5, 0.6) is 0 Å². The molecule has 0 fully saturated rings. The first-order chi connectivity index (χ1) is 12.0. The Balaban J connectivity index is 0.000000333. The highest BCUT2D eigenvalue weighted by molar-refractivity contribution is 6.13. The van der Waals surface area contributed by atoms with Crippen LogP contribution in [0.1, 0.15) is 27.1 Å². The van der Waals surface area contributed by atoms with E-state index in [1.165, 1.54) is 0 Å². The summed E-state index contributed by atoms with van der Waals surface area (Å²) >= 11 is 0. The maximum atomic E-state index is 11.8. The van der Waals surface area contributed by atoms with Gasteiger partial charge in [-0.15, -0.1) is 0 Å². The number of carbonyl (C=O) groups is 2. The molecule has 0 unspecified atom stereocenters. The average molecular weight is 345 g/mol. The van der Waals surface area contributed by atoms with Gasteiger partial charge in [0.1, 0.15) is 0 Å². The Morgan fingerprint density at radius 1 is 0.720 bits per heavy atom. The van der Waals surface area contributed by atoms with Crippen molar-refractivity contribution in [2.75, 3.05) is 19.8 Å². The van der Waals surface area contributed by atoms with E-state index in [4.69, 9.17) is 21.1 Å². The number of aliphatic hydroxyl groups excluding tert-OH is 3. The van der Waals surface area contributed by atoms with Crippen LogP contribution in [0.25, 0.3) is 0 Å². The lowest BCUT2D eigenvalue weighted by atomic mass is 10.0. The zero-order chi connectivity index (χ0) is 18.7. The van der Waals surface area contributed by atoms with Crippen LogP contribution in [-0.2, 0) is 0 Å². The Morgan fingerprint density at radius 2 is 1.04 bits per heavy atom. The predicted octanol–water partition coefficient (Wildman–Crippen LogP) is 0.803. The highest BCUT2D eigenvalue weighted by Crippen LogP contribution is 2.08. The summed E-state index contributed by atoms with van der Waals surface area (Å²) in [5.74, 6) is -0.279. The second kappa shape index (κ2) is 10.5. The number of hydrogen-bond donors (Lipinski definition) is 4. The maximum Gasteiger partial charge on any atom is 0.170 e. The molecular weight excluding hydrogens is 322 g/mol. The fourth-order valence-electron chi connectivity index (χ4n) is 1.75. The Hall–Kier alpha value is -2.38. The van der Waals surface area contributed by atoms with Crippen molar-refractivity contribution >= 4 is 11.6 Å². The van der Waals surface area contributed by atoms with Crippen molar-refractivity contribution in [3.63, 3.8) is 0 Å². The van der Waals surface area contributed by atoms with Gasteiger partial charge in [0.2, 0.25) is 0 Å². The number of nitrogens with two attached hydrogens (primary N) is 1. The zero-order valence-electron chi connectivity index (χ0n) is 13.8. The first-order valence-electron chi connectivity index (χ1n) is 7.73. The van der Waals surface area contributed by atoms with E-state index in [1.54, 1.807) is 48.5 Å². The van der Waals surface area contributed by atoms with E-state index >= 15 is 0 Å². The van der Waals surface area contributed by atoms with Crippen molar-refractivity contribution in [3.8, 4) is 0 Å². The van der Waals surface area contributed by atoms with Crippen LogP contribution in [0.15, 0.2) is 60.7 Å². The molecule has 5 N–H and O–H groups in total. The SMILES string of the molecule is NC(CO)(CO)CO.O=C(CC(=O)c1ccccc1)c1ccccc1. The minimum atomic E-state index is -1.21. The molecule has 0 aliphatic carbocycles. The standard InChI is InChI=1S/C15H12O2.C4H11NO3/c16-14(12-7-3-1-4-8-12)11-15(17)13-9-5-2-6-10-13;5-4(1-6,2-7)3-8/h1-10H,11H2;6-8H,1-3,5H2. The Kier molecular flexibility index (Phi) is 8.66. The number of rotatable bonds is 7. The largest absolute Gasteiger partial charge is 0.394 e. The smallest absolute Gasteiger partial charge is 0.170 e. The third-order valence-electron chi connectivity index (χ3n) is 3.46. The summed E-state index contributed by atoms with van der Waals surface area (Å²) in [5.41, 5.74) is 5.10. The van der Waals surface area contributed by atoms with Crippen LogP contribution in [-0.4, -0.2) is 52.2 Å². The van der Waals surface area contributed by atoms with Gasteiger partial charge in [-0.05, 0) is 0 Å². The minimum Gasteiger partial charge on any atom is -0.394 e. The summed E-state index contributed by atoms with van der Waals surface area (Å²) in [6.45, 7) is -1.21. The molecule has 0 aliphatic heterocycles. The number of aliphatic hydroxyl groups is 3.